The lowest BCUT2D eigenvalue weighted by Crippen LogP contribution is -2.13. The molecule has 0 saturated carbocycles. The first-order chi connectivity index (χ1) is 15.7. The molecule has 33 heavy (non-hydrogen) atoms. The van der Waals surface area contributed by atoms with Crippen LogP contribution in [0.15, 0.2) is 64.6 Å². The second-order valence-electron chi connectivity index (χ2n) is 7.17. The number of fused-ring (bicyclic) bond motifs is 1. The summed E-state index contributed by atoms with van der Waals surface area (Å²) in [4.78, 5) is 5.52. The van der Waals surface area contributed by atoms with Crippen LogP contribution in [0, 0.1) is 11.6 Å². The van der Waals surface area contributed by atoms with Crippen molar-refractivity contribution in [1.29, 1.82) is 0 Å². The number of nitrogens with one attached hydrogen (secondary N) is 2. The van der Waals surface area contributed by atoms with Crippen LogP contribution in [0.1, 0.15) is 13.3 Å². The van der Waals surface area contributed by atoms with Gasteiger partial charge in [-0.1, -0.05) is 30.7 Å². The summed E-state index contributed by atoms with van der Waals surface area (Å²) in [6.45, 7) is 1.79. The van der Waals surface area contributed by atoms with E-state index in [9.17, 15) is 17.0 Å². The number of hydrogen-bond donors (Lipinski definition) is 2. The van der Waals surface area contributed by atoms with Gasteiger partial charge in [-0.15, -0.1) is 0 Å². The van der Waals surface area contributed by atoms with Gasteiger partial charge in [0, 0.05) is 34.1 Å². The molecule has 2 aromatic carbocycles. The highest BCUT2D eigenvalue weighted by Gasteiger charge is 2.31. The first-order valence-corrected chi connectivity index (χ1v) is 13.0. The Morgan fingerprint density at radius 1 is 1.12 bits per heavy atom. The predicted octanol–water partition coefficient (Wildman–Crippen LogP) is 5.48. The zero-order chi connectivity index (χ0) is 23.8. The van der Waals surface area contributed by atoms with E-state index in [1.54, 1.807) is 43.5 Å². The SMILES string of the molecule is CCCS(=O)Nc1ccc(F)c(S(=O)(=O)c2c[nH]c3ncc(-c4ccc(Cl)cc4)cc23)c1F. The van der Waals surface area contributed by atoms with Gasteiger partial charge in [0.1, 0.15) is 27.3 Å². The third-order valence-corrected chi connectivity index (χ3v) is 8.20. The molecule has 0 spiro atoms. The summed E-state index contributed by atoms with van der Waals surface area (Å²) in [5.74, 6) is -2.37. The molecule has 2 aromatic heterocycles. The van der Waals surface area contributed by atoms with Crippen LogP contribution < -0.4 is 4.72 Å². The van der Waals surface area contributed by atoms with E-state index >= 15 is 4.39 Å². The van der Waals surface area contributed by atoms with Crippen molar-refractivity contribution in [2.24, 2.45) is 0 Å². The average molecular weight is 510 g/mol. The molecule has 172 valence electrons. The van der Waals surface area contributed by atoms with Crippen molar-refractivity contribution < 1.29 is 21.4 Å². The summed E-state index contributed by atoms with van der Waals surface area (Å²) in [5, 5.41) is 0.714. The molecule has 0 radical (unpaired) electrons. The van der Waals surface area contributed by atoms with Crippen molar-refractivity contribution in [3.8, 4) is 11.1 Å². The quantitative estimate of drug-likeness (QED) is 0.345. The summed E-state index contributed by atoms with van der Waals surface area (Å²) < 4.78 is 70.9. The number of anilines is 1. The van der Waals surface area contributed by atoms with E-state index in [1.807, 2.05) is 0 Å². The first kappa shape index (κ1) is 23.3. The molecule has 4 aromatic rings. The molecule has 4 rings (SSSR count). The third-order valence-electron chi connectivity index (χ3n) is 4.89. The first-order valence-electron chi connectivity index (χ1n) is 9.83. The summed E-state index contributed by atoms with van der Waals surface area (Å²) in [7, 11) is -6.28. The zero-order valence-electron chi connectivity index (χ0n) is 17.2. The molecule has 0 fully saturated rings. The molecule has 0 bridgehead atoms. The maximum absolute atomic E-state index is 15.1. The molecule has 1 unspecified atom stereocenters. The Balaban J connectivity index is 1.83. The Hall–Kier alpha value is -2.82. The number of aromatic amines is 1. The molecule has 2 N–H and O–H groups in total. The third kappa shape index (κ3) is 4.50. The molecule has 2 heterocycles. The van der Waals surface area contributed by atoms with Gasteiger partial charge in [0.2, 0.25) is 9.84 Å². The van der Waals surface area contributed by atoms with E-state index in [0.29, 0.717) is 17.0 Å². The number of hydrogen-bond acceptors (Lipinski definition) is 4. The van der Waals surface area contributed by atoms with Gasteiger partial charge in [-0.05, 0) is 42.3 Å². The molecule has 0 aliphatic rings. The van der Waals surface area contributed by atoms with Crippen molar-refractivity contribution in [1.82, 2.24) is 9.97 Å². The van der Waals surface area contributed by atoms with E-state index < -0.39 is 37.4 Å². The van der Waals surface area contributed by atoms with Crippen LogP contribution in [-0.2, 0) is 20.8 Å². The monoisotopic (exact) mass is 509 g/mol. The second kappa shape index (κ2) is 9.20. The smallest absolute Gasteiger partial charge is 0.214 e. The van der Waals surface area contributed by atoms with Gasteiger partial charge in [0.15, 0.2) is 5.82 Å². The number of rotatable bonds is 7. The highest BCUT2D eigenvalue weighted by molar-refractivity contribution is 7.91. The van der Waals surface area contributed by atoms with Gasteiger partial charge in [-0.3, -0.25) is 0 Å². The van der Waals surface area contributed by atoms with Crippen LogP contribution >= 0.6 is 11.6 Å². The fourth-order valence-corrected chi connectivity index (χ4v) is 5.88. The minimum atomic E-state index is -4.64. The lowest BCUT2D eigenvalue weighted by molar-refractivity contribution is 0.522. The van der Waals surface area contributed by atoms with Crippen molar-refractivity contribution in [2.45, 2.75) is 23.1 Å². The fourth-order valence-electron chi connectivity index (χ4n) is 3.33. The lowest BCUT2D eigenvalue weighted by Gasteiger charge is -2.12. The predicted molar refractivity (Wildman–Crippen MR) is 125 cm³/mol. The van der Waals surface area contributed by atoms with Crippen LogP contribution in [0.2, 0.25) is 5.02 Å². The van der Waals surface area contributed by atoms with E-state index in [1.165, 1.54) is 0 Å². The number of benzene rings is 2. The molecule has 0 saturated heterocycles. The molecule has 11 heteroatoms. The second-order valence-corrected chi connectivity index (χ2v) is 10.8. The van der Waals surface area contributed by atoms with Crippen LogP contribution in [0.25, 0.3) is 22.2 Å². The van der Waals surface area contributed by atoms with Gasteiger partial charge >= 0.3 is 0 Å². The summed E-state index contributed by atoms with van der Waals surface area (Å²) >= 11 is 5.93. The maximum Gasteiger partial charge on any atom is 0.214 e. The van der Waals surface area contributed by atoms with Crippen LogP contribution in [0.4, 0.5) is 14.5 Å². The maximum atomic E-state index is 15.1. The number of H-pyrrole nitrogens is 1. The summed E-state index contributed by atoms with van der Waals surface area (Å²) in [5.41, 5.74) is 1.22. The number of sulfone groups is 1. The molecule has 1 atom stereocenters. The topological polar surface area (TPSA) is 91.9 Å². The number of pyridine rings is 1. The van der Waals surface area contributed by atoms with E-state index in [0.717, 1.165) is 23.9 Å². The van der Waals surface area contributed by atoms with Gasteiger partial charge < -0.3 is 9.71 Å². The lowest BCUT2D eigenvalue weighted by atomic mass is 10.1. The van der Waals surface area contributed by atoms with Gasteiger partial charge in [0.05, 0.1) is 10.6 Å². The van der Waals surface area contributed by atoms with Crippen LogP contribution in [0.3, 0.4) is 0 Å². The van der Waals surface area contributed by atoms with Crippen molar-refractivity contribution in [3.05, 3.63) is 71.5 Å². The Morgan fingerprint density at radius 3 is 2.55 bits per heavy atom. The Labute approximate surface area is 196 Å². The highest BCUT2D eigenvalue weighted by Crippen LogP contribution is 2.35. The number of nitrogens with zero attached hydrogens (tertiary/aromatic N) is 1. The van der Waals surface area contributed by atoms with Gasteiger partial charge in [-0.2, -0.15) is 0 Å². The molecule has 0 amide bonds. The van der Waals surface area contributed by atoms with E-state index in [-0.39, 0.29) is 27.4 Å². The Morgan fingerprint density at radius 2 is 1.85 bits per heavy atom. The minimum absolute atomic E-state index is 0.175. The summed E-state index contributed by atoms with van der Waals surface area (Å²) in [6.07, 6.45) is 3.26. The van der Waals surface area contributed by atoms with Crippen LogP contribution in [0.5, 0.6) is 0 Å². The van der Waals surface area contributed by atoms with Gasteiger partial charge in [-0.25, -0.2) is 26.4 Å². The Kier molecular flexibility index (Phi) is 6.51. The van der Waals surface area contributed by atoms with Gasteiger partial charge in [0.25, 0.3) is 0 Å². The molecular formula is C22H18ClF2N3O3S2. The highest BCUT2D eigenvalue weighted by atomic mass is 35.5. The number of halogens is 3. The van der Waals surface area contributed by atoms with Crippen molar-refractivity contribution in [3.63, 3.8) is 0 Å². The molecular weight excluding hydrogens is 492 g/mol. The van der Waals surface area contributed by atoms with E-state index in [2.05, 4.69) is 14.7 Å². The molecule has 0 aliphatic heterocycles. The van der Waals surface area contributed by atoms with Crippen LogP contribution in [-0.4, -0.2) is 28.3 Å². The standard InChI is InChI=1S/C22H18ClF2N3O3S2/c1-2-9-32(29)28-18-8-7-17(24)21(20(18)25)33(30,31)19-12-27-22-16(19)10-14(11-26-22)13-3-5-15(23)6-4-13/h3-8,10-12,28H,2,9H2,1H3,(H,26,27). The zero-order valence-corrected chi connectivity index (χ0v) is 19.6. The number of aromatic nitrogens is 2. The largest absolute Gasteiger partial charge is 0.345 e. The van der Waals surface area contributed by atoms with E-state index in [4.69, 9.17) is 11.6 Å². The minimum Gasteiger partial charge on any atom is -0.345 e. The Bertz CT molecular complexity index is 1470. The van der Waals surface area contributed by atoms with Crippen molar-refractivity contribution >= 4 is 49.1 Å². The van der Waals surface area contributed by atoms with Crippen molar-refractivity contribution in [2.75, 3.05) is 10.5 Å². The molecule has 6 nitrogen and oxygen atoms in total. The fraction of sp³-hybridized carbons (Fsp3) is 0.136. The average Bonchev–Trinajstić information content (AvgIpc) is 3.20. The molecule has 0 aliphatic carbocycles. The summed E-state index contributed by atoms with van der Waals surface area (Å²) in [6, 6.07) is 10.3. The normalized spacial score (nSPS) is 12.7.